The highest BCUT2D eigenvalue weighted by Crippen LogP contribution is 2.19. The summed E-state index contributed by atoms with van der Waals surface area (Å²) in [5.41, 5.74) is 1.09. The number of carbonyl (C=O) groups is 1. The SMILES string of the molecule is CC(C)CC(C)NC(=O)N1CCN(C(C)c2ccccn2)CC1. The Labute approximate surface area is 140 Å². The summed E-state index contributed by atoms with van der Waals surface area (Å²) >= 11 is 0. The van der Waals surface area contributed by atoms with Gasteiger partial charge in [-0.15, -0.1) is 0 Å². The molecule has 0 aromatic carbocycles. The average molecular weight is 318 g/mol. The Morgan fingerprint density at radius 2 is 1.87 bits per heavy atom. The molecule has 5 nitrogen and oxygen atoms in total. The summed E-state index contributed by atoms with van der Waals surface area (Å²) in [6.45, 7) is 12.0. The molecule has 128 valence electrons. The van der Waals surface area contributed by atoms with Gasteiger partial charge in [-0.3, -0.25) is 9.88 Å². The molecule has 1 aliphatic heterocycles. The third-order valence-electron chi connectivity index (χ3n) is 4.46. The highest BCUT2D eigenvalue weighted by Gasteiger charge is 2.25. The average Bonchev–Trinajstić information content (AvgIpc) is 2.54. The van der Waals surface area contributed by atoms with Crippen LogP contribution in [-0.2, 0) is 0 Å². The Kier molecular flexibility index (Phi) is 6.39. The lowest BCUT2D eigenvalue weighted by Gasteiger charge is -2.38. The minimum absolute atomic E-state index is 0.0725. The molecule has 1 saturated heterocycles. The van der Waals surface area contributed by atoms with Crippen LogP contribution in [0.15, 0.2) is 24.4 Å². The number of hydrogen-bond acceptors (Lipinski definition) is 3. The predicted octanol–water partition coefficient (Wildman–Crippen LogP) is 2.90. The van der Waals surface area contributed by atoms with Crippen LogP contribution in [-0.4, -0.2) is 53.0 Å². The second-order valence-electron chi connectivity index (χ2n) is 6.93. The van der Waals surface area contributed by atoms with Crippen molar-refractivity contribution < 1.29 is 4.79 Å². The molecule has 2 atom stereocenters. The van der Waals surface area contributed by atoms with Gasteiger partial charge in [0.2, 0.25) is 0 Å². The fourth-order valence-electron chi connectivity index (χ4n) is 3.19. The van der Waals surface area contributed by atoms with Crippen LogP contribution in [0.1, 0.15) is 45.9 Å². The molecule has 2 unspecified atom stereocenters. The fraction of sp³-hybridized carbons (Fsp3) is 0.667. The Bertz CT molecular complexity index is 483. The Morgan fingerprint density at radius 1 is 1.17 bits per heavy atom. The third kappa shape index (κ3) is 5.20. The molecule has 2 amide bonds. The lowest BCUT2D eigenvalue weighted by Crippen LogP contribution is -2.53. The van der Waals surface area contributed by atoms with E-state index in [0.717, 1.165) is 38.3 Å². The van der Waals surface area contributed by atoms with Crippen molar-refractivity contribution in [1.29, 1.82) is 0 Å². The van der Waals surface area contributed by atoms with Crippen molar-refractivity contribution in [3.05, 3.63) is 30.1 Å². The van der Waals surface area contributed by atoms with Crippen LogP contribution >= 0.6 is 0 Å². The maximum absolute atomic E-state index is 12.3. The molecule has 1 aromatic rings. The highest BCUT2D eigenvalue weighted by atomic mass is 16.2. The first kappa shape index (κ1) is 17.7. The molecule has 1 fully saturated rings. The number of urea groups is 1. The molecule has 1 aromatic heterocycles. The van der Waals surface area contributed by atoms with E-state index in [1.807, 2.05) is 23.2 Å². The normalized spacial score (nSPS) is 18.7. The van der Waals surface area contributed by atoms with Crippen LogP contribution in [0.3, 0.4) is 0 Å². The van der Waals surface area contributed by atoms with Gasteiger partial charge in [-0.1, -0.05) is 19.9 Å². The van der Waals surface area contributed by atoms with E-state index < -0.39 is 0 Å². The Balaban J connectivity index is 1.80. The van der Waals surface area contributed by atoms with Crippen LogP contribution in [0.4, 0.5) is 4.79 Å². The van der Waals surface area contributed by atoms with Crippen LogP contribution < -0.4 is 5.32 Å². The number of nitrogens with one attached hydrogen (secondary N) is 1. The zero-order chi connectivity index (χ0) is 16.8. The number of rotatable bonds is 5. The van der Waals surface area contributed by atoms with Gasteiger partial charge in [-0.05, 0) is 38.3 Å². The zero-order valence-electron chi connectivity index (χ0n) is 14.8. The summed E-state index contributed by atoms with van der Waals surface area (Å²) in [5.74, 6) is 0.598. The first-order valence-electron chi connectivity index (χ1n) is 8.67. The molecule has 23 heavy (non-hydrogen) atoms. The molecule has 0 saturated carbocycles. The van der Waals surface area contributed by atoms with Crippen molar-refractivity contribution in [3.63, 3.8) is 0 Å². The number of amides is 2. The number of carbonyl (C=O) groups excluding carboxylic acids is 1. The summed E-state index contributed by atoms with van der Waals surface area (Å²) in [4.78, 5) is 21.1. The van der Waals surface area contributed by atoms with Crippen molar-refractivity contribution in [3.8, 4) is 0 Å². The van der Waals surface area contributed by atoms with Gasteiger partial charge in [0.25, 0.3) is 0 Å². The summed E-state index contributed by atoms with van der Waals surface area (Å²) in [6, 6.07) is 6.63. The summed E-state index contributed by atoms with van der Waals surface area (Å²) in [7, 11) is 0. The van der Waals surface area contributed by atoms with E-state index in [-0.39, 0.29) is 12.1 Å². The molecule has 1 N–H and O–H groups in total. The third-order valence-corrected chi connectivity index (χ3v) is 4.46. The van der Waals surface area contributed by atoms with Crippen molar-refractivity contribution in [2.24, 2.45) is 5.92 Å². The molecule has 0 radical (unpaired) electrons. The highest BCUT2D eigenvalue weighted by molar-refractivity contribution is 5.74. The van der Waals surface area contributed by atoms with Gasteiger partial charge >= 0.3 is 6.03 Å². The second-order valence-corrected chi connectivity index (χ2v) is 6.93. The molecule has 5 heteroatoms. The molecule has 1 aliphatic rings. The monoisotopic (exact) mass is 318 g/mol. The van der Waals surface area contributed by atoms with Crippen LogP contribution in [0, 0.1) is 5.92 Å². The molecular weight excluding hydrogens is 288 g/mol. The maximum Gasteiger partial charge on any atom is 0.317 e. The van der Waals surface area contributed by atoms with E-state index in [4.69, 9.17) is 0 Å². The van der Waals surface area contributed by atoms with E-state index in [0.29, 0.717) is 12.0 Å². The first-order valence-corrected chi connectivity index (χ1v) is 8.67. The van der Waals surface area contributed by atoms with Crippen LogP contribution in [0.25, 0.3) is 0 Å². The van der Waals surface area contributed by atoms with Crippen molar-refractivity contribution >= 4 is 6.03 Å². The number of piperazine rings is 1. The van der Waals surface area contributed by atoms with E-state index in [2.05, 4.69) is 49.0 Å². The zero-order valence-corrected chi connectivity index (χ0v) is 14.8. The molecule has 2 rings (SSSR count). The number of pyridine rings is 1. The molecule has 2 heterocycles. The number of hydrogen-bond donors (Lipinski definition) is 1. The number of aromatic nitrogens is 1. The van der Waals surface area contributed by atoms with Crippen LogP contribution in [0.2, 0.25) is 0 Å². The molecular formula is C18H30N4O. The van der Waals surface area contributed by atoms with Crippen molar-refractivity contribution in [2.45, 2.75) is 46.2 Å². The molecule has 0 spiro atoms. The molecule has 0 bridgehead atoms. The van der Waals surface area contributed by atoms with Gasteiger partial charge in [-0.2, -0.15) is 0 Å². The molecule has 0 aliphatic carbocycles. The topological polar surface area (TPSA) is 48.5 Å². The first-order chi connectivity index (χ1) is 11.0. The van der Waals surface area contributed by atoms with E-state index >= 15 is 0 Å². The quantitative estimate of drug-likeness (QED) is 0.908. The second kappa shape index (κ2) is 8.29. The van der Waals surface area contributed by atoms with Gasteiger partial charge in [0, 0.05) is 44.5 Å². The van der Waals surface area contributed by atoms with E-state index in [9.17, 15) is 4.79 Å². The van der Waals surface area contributed by atoms with E-state index in [1.165, 1.54) is 0 Å². The summed E-state index contributed by atoms with van der Waals surface area (Å²) in [6.07, 6.45) is 2.86. The lowest BCUT2D eigenvalue weighted by molar-refractivity contribution is 0.111. The summed E-state index contributed by atoms with van der Waals surface area (Å²) in [5, 5.41) is 3.11. The van der Waals surface area contributed by atoms with Crippen molar-refractivity contribution in [1.82, 2.24) is 20.1 Å². The lowest BCUT2D eigenvalue weighted by atomic mass is 10.1. The Morgan fingerprint density at radius 3 is 2.43 bits per heavy atom. The minimum Gasteiger partial charge on any atom is -0.336 e. The van der Waals surface area contributed by atoms with Gasteiger partial charge in [0.15, 0.2) is 0 Å². The smallest absolute Gasteiger partial charge is 0.317 e. The van der Waals surface area contributed by atoms with Gasteiger partial charge < -0.3 is 10.2 Å². The van der Waals surface area contributed by atoms with E-state index in [1.54, 1.807) is 0 Å². The maximum atomic E-state index is 12.3. The van der Waals surface area contributed by atoms with Gasteiger partial charge in [0.05, 0.1) is 5.69 Å². The van der Waals surface area contributed by atoms with Crippen molar-refractivity contribution in [2.75, 3.05) is 26.2 Å². The standard InChI is InChI=1S/C18H30N4O/c1-14(2)13-15(3)20-18(23)22-11-9-21(10-12-22)16(4)17-7-5-6-8-19-17/h5-8,14-16H,9-13H2,1-4H3,(H,20,23). The fourth-order valence-corrected chi connectivity index (χ4v) is 3.19. The van der Waals surface area contributed by atoms with Gasteiger partial charge in [0.1, 0.15) is 0 Å². The predicted molar refractivity (Wildman–Crippen MR) is 93.2 cm³/mol. The number of nitrogens with zero attached hydrogens (tertiary/aromatic N) is 3. The largest absolute Gasteiger partial charge is 0.336 e. The Hall–Kier alpha value is -1.62. The summed E-state index contributed by atoms with van der Waals surface area (Å²) < 4.78 is 0. The minimum atomic E-state index is 0.0725. The van der Waals surface area contributed by atoms with Gasteiger partial charge in [-0.25, -0.2) is 4.79 Å². The van der Waals surface area contributed by atoms with Crippen LogP contribution in [0.5, 0.6) is 0 Å².